The van der Waals surface area contributed by atoms with Gasteiger partial charge in [-0.2, -0.15) is 4.98 Å². The maximum absolute atomic E-state index is 8.88. The molecule has 0 aliphatic heterocycles. The lowest BCUT2D eigenvalue weighted by atomic mass is 10.2. The summed E-state index contributed by atoms with van der Waals surface area (Å²) in [6, 6.07) is 8.04. The Balaban J connectivity index is 2.18. The summed E-state index contributed by atoms with van der Waals surface area (Å²) in [5, 5.41) is 15.6. The standard InChI is InChI=1S/C11H8N2O2S/c14-5-10-12-11(15-13-10)8-6-16-9-4-2-1-3-7(8)9/h1-4,6,14H,5H2. The van der Waals surface area contributed by atoms with Crippen LogP contribution in [0.2, 0.25) is 0 Å². The van der Waals surface area contributed by atoms with Crippen molar-refractivity contribution in [2.45, 2.75) is 6.61 Å². The third-order valence-electron chi connectivity index (χ3n) is 2.32. The molecule has 1 aromatic carbocycles. The fourth-order valence-electron chi connectivity index (χ4n) is 1.57. The summed E-state index contributed by atoms with van der Waals surface area (Å²) in [6.45, 7) is -0.203. The summed E-state index contributed by atoms with van der Waals surface area (Å²) in [4.78, 5) is 4.10. The minimum absolute atomic E-state index is 0.203. The van der Waals surface area contributed by atoms with Crippen LogP contribution in [0.3, 0.4) is 0 Å². The maximum atomic E-state index is 8.88. The second kappa shape index (κ2) is 3.70. The highest BCUT2D eigenvalue weighted by atomic mass is 32.1. The lowest BCUT2D eigenvalue weighted by Gasteiger charge is -1.90. The number of rotatable bonds is 2. The molecule has 0 aliphatic carbocycles. The third-order valence-corrected chi connectivity index (χ3v) is 3.28. The number of hydrogen-bond donors (Lipinski definition) is 1. The fraction of sp³-hybridized carbons (Fsp3) is 0.0909. The SMILES string of the molecule is OCc1noc(-c2csc3ccccc23)n1. The Kier molecular flexibility index (Phi) is 2.19. The van der Waals surface area contributed by atoms with Gasteiger partial charge in [0, 0.05) is 15.5 Å². The Morgan fingerprint density at radius 1 is 1.31 bits per heavy atom. The lowest BCUT2D eigenvalue weighted by molar-refractivity contribution is 0.264. The molecule has 0 fully saturated rings. The average Bonchev–Trinajstić information content (AvgIpc) is 2.94. The first-order valence-electron chi connectivity index (χ1n) is 4.78. The first-order valence-corrected chi connectivity index (χ1v) is 5.66. The van der Waals surface area contributed by atoms with Crippen LogP contribution in [0.1, 0.15) is 5.82 Å². The molecule has 0 saturated carbocycles. The molecule has 2 aromatic heterocycles. The van der Waals surface area contributed by atoms with E-state index >= 15 is 0 Å². The van der Waals surface area contributed by atoms with Crippen molar-refractivity contribution in [2.24, 2.45) is 0 Å². The van der Waals surface area contributed by atoms with Crippen LogP contribution in [0.15, 0.2) is 34.2 Å². The summed E-state index contributed by atoms with van der Waals surface area (Å²) < 4.78 is 6.28. The van der Waals surface area contributed by atoms with Crippen LogP contribution in [0.4, 0.5) is 0 Å². The number of nitrogens with zero attached hydrogens (tertiary/aromatic N) is 2. The normalized spacial score (nSPS) is 11.1. The van der Waals surface area contributed by atoms with E-state index in [2.05, 4.69) is 10.1 Å². The van der Waals surface area contributed by atoms with E-state index in [0.29, 0.717) is 11.7 Å². The van der Waals surface area contributed by atoms with Crippen LogP contribution in [0.5, 0.6) is 0 Å². The molecule has 3 rings (SSSR count). The van der Waals surface area contributed by atoms with Gasteiger partial charge in [0.1, 0.15) is 6.61 Å². The van der Waals surface area contributed by atoms with E-state index in [1.54, 1.807) is 11.3 Å². The first kappa shape index (κ1) is 9.50. The molecule has 1 N–H and O–H groups in total. The van der Waals surface area contributed by atoms with E-state index in [1.807, 2.05) is 29.6 Å². The Labute approximate surface area is 95.2 Å². The number of hydrogen-bond acceptors (Lipinski definition) is 5. The molecular weight excluding hydrogens is 224 g/mol. The molecule has 2 heterocycles. The third kappa shape index (κ3) is 1.41. The van der Waals surface area contributed by atoms with Crippen LogP contribution in [0, 0.1) is 0 Å². The van der Waals surface area contributed by atoms with Crippen molar-refractivity contribution in [3.8, 4) is 11.5 Å². The molecule has 5 heteroatoms. The van der Waals surface area contributed by atoms with Crippen molar-refractivity contribution in [2.75, 3.05) is 0 Å². The van der Waals surface area contributed by atoms with E-state index in [-0.39, 0.29) is 6.61 Å². The largest absolute Gasteiger partial charge is 0.388 e. The summed E-state index contributed by atoms with van der Waals surface area (Å²) in [5.74, 6) is 0.770. The van der Waals surface area contributed by atoms with E-state index in [4.69, 9.17) is 9.63 Å². The van der Waals surface area contributed by atoms with Crippen molar-refractivity contribution in [3.63, 3.8) is 0 Å². The monoisotopic (exact) mass is 232 g/mol. The van der Waals surface area contributed by atoms with Crippen LogP contribution < -0.4 is 0 Å². The van der Waals surface area contributed by atoms with Crippen LogP contribution in [0.25, 0.3) is 21.5 Å². The zero-order chi connectivity index (χ0) is 11.0. The number of aromatic nitrogens is 2. The highest BCUT2D eigenvalue weighted by molar-refractivity contribution is 7.17. The number of thiophene rings is 1. The van der Waals surface area contributed by atoms with Crippen molar-refractivity contribution in [3.05, 3.63) is 35.5 Å². The van der Waals surface area contributed by atoms with Gasteiger partial charge in [0.05, 0.1) is 5.56 Å². The van der Waals surface area contributed by atoms with Gasteiger partial charge in [0.25, 0.3) is 5.89 Å². The van der Waals surface area contributed by atoms with E-state index in [0.717, 1.165) is 10.9 Å². The zero-order valence-corrected chi connectivity index (χ0v) is 9.07. The van der Waals surface area contributed by atoms with Gasteiger partial charge < -0.3 is 9.63 Å². The molecular formula is C11H8N2O2S. The van der Waals surface area contributed by atoms with E-state index in [1.165, 1.54) is 4.70 Å². The minimum atomic E-state index is -0.203. The molecule has 3 aromatic rings. The van der Waals surface area contributed by atoms with Crippen molar-refractivity contribution in [1.82, 2.24) is 10.1 Å². The first-order chi connectivity index (χ1) is 7.88. The number of benzene rings is 1. The van der Waals surface area contributed by atoms with Crippen LogP contribution in [-0.4, -0.2) is 15.2 Å². The van der Waals surface area contributed by atoms with E-state index in [9.17, 15) is 0 Å². The van der Waals surface area contributed by atoms with Gasteiger partial charge in [0.15, 0.2) is 5.82 Å². The Hall–Kier alpha value is -1.72. The van der Waals surface area contributed by atoms with Gasteiger partial charge in [-0.1, -0.05) is 23.4 Å². The summed E-state index contributed by atoms with van der Waals surface area (Å²) in [5.41, 5.74) is 0.924. The van der Waals surface area contributed by atoms with Gasteiger partial charge in [0.2, 0.25) is 0 Å². The quantitative estimate of drug-likeness (QED) is 0.737. The fourth-order valence-corrected chi connectivity index (χ4v) is 2.51. The Morgan fingerprint density at radius 2 is 2.19 bits per heavy atom. The van der Waals surface area contributed by atoms with E-state index < -0.39 is 0 Å². The average molecular weight is 232 g/mol. The molecule has 4 nitrogen and oxygen atoms in total. The molecule has 0 radical (unpaired) electrons. The van der Waals surface area contributed by atoms with Crippen LogP contribution in [-0.2, 0) is 6.61 Å². The highest BCUT2D eigenvalue weighted by Crippen LogP contribution is 2.32. The van der Waals surface area contributed by atoms with Gasteiger partial charge in [-0.25, -0.2) is 0 Å². The van der Waals surface area contributed by atoms with Crippen LogP contribution >= 0.6 is 11.3 Å². The molecule has 0 atom stereocenters. The summed E-state index contributed by atoms with van der Waals surface area (Å²) in [7, 11) is 0. The van der Waals surface area contributed by atoms with Crippen molar-refractivity contribution in [1.29, 1.82) is 0 Å². The zero-order valence-electron chi connectivity index (χ0n) is 8.25. The smallest absolute Gasteiger partial charge is 0.259 e. The highest BCUT2D eigenvalue weighted by Gasteiger charge is 2.12. The number of aliphatic hydroxyl groups is 1. The van der Waals surface area contributed by atoms with Gasteiger partial charge in [-0.15, -0.1) is 11.3 Å². The minimum Gasteiger partial charge on any atom is -0.388 e. The predicted octanol–water partition coefficient (Wildman–Crippen LogP) is 2.44. The second-order valence-electron chi connectivity index (χ2n) is 3.32. The molecule has 0 spiro atoms. The predicted molar refractivity (Wildman–Crippen MR) is 61.0 cm³/mol. The molecule has 16 heavy (non-hydrogen) atoms. The van der Waals surface area contributed by atoms with Crippen molar-refractivity contribution < 1.29 is 9.63 Å². The Bertz CT molecular complexity index is 629. The summed E-state index contributed by atoms with van der Waals surface area (Å²) >= 11 is 1.64. The lowest BCUT2D eigenvalue weighted by Crippen LogP contribution is -1.84. The molecule has 0 bridgehead atoms. The topological polar surface area (TPSA) is 59.2 Å². The van der Waals surface area contributed by atoms with Gasteiger partial charge >= 0.3 is 0 Å². The summed E-state index contributed by atoms with van der Waals surface area (Å²) in [6.07, 6.45) is 0. The van der Waals surface area contributed by atoms with Crippen molar-refractivity contribution >= 4 is 21.4 Å². The second-order valence-corrected chi connectivity index (χ2v) is 4.23. The number of aliphatic hydroxyl groups excluding tert-OH is 1. The maximum Gasteiger partial charge on any atom is 0.259 e. The Morgan fingerprint density at radius 3 is 3.00 bits per heavy atom. The molecule has 0 amide bonds. The van der Waals surface area contributed by atoms with Gasteiger partial charge in [-0.05, 0) is 6.07 Å². The molecule has 0 aliphatic rings. The molecule has 0 unspecified atom stereocenters. The molecule has 0 saturated heterocycles. The molecule has 80 valence electrons. The van der Waals surface area contributed by atoms with Gasteiger partial charge in [-0.3, -0.25) is 0 Å². The number of fused-ring (bicyclic) bond motifs is 1.